The van der Waals surface area contributed by atoms with Crippen LogP contribution in [-0.2, 0) is 19.1 Å². The number of imidazole rings is 1. The predicted octanol–water partition coefficient (Wildman–Crippen LogP) is 6.07. The molecule has 3 aromatic carbocycles. The van der Waals surface area contributed by atoms with Crippen LogP contribution in [0.3, 0.4) is 0 Å². The molecule has 0 saturated carbocycles. The third kappa shape index (κ3) is 9.01. The summed E-state index contributed by atoms with van der Waals surface area (Å²) in [5.41, 5.74) is 5.00. The van der Waals surface area contributed by atoms with Gasteiger partial charge in [-0.15, -0.1) is 0 Å². The number of H-pyrrole nitrogens is 1. The number of imide groups is 1. The van der Waals surface area contributed by atoms with E-state index in [9.17, 15) is 24.0 Å². The molecule has 0 spiro atoms. The van der Waals surface area contributed by atoms with Gasteiger partial charge in [-0.05, 0) is 80.1 Å². The summed E-state index contributed by atoms with van der Waals surface area (Å²) >= 11 is 0. The van der Waals surface area contributed by atoms with E-state index in [0.29, 0.717) is 37.4 Å². The third-order valence-electron chi connectivity index (χ3n) is 10.8. The first-order valence-corrected chi connectivity index (χ1v) is 19.4. The Bertz CT molecular complexity index is 2050. The zero-order chi connectivity index (χ0) is 40.8. The minimum Gasteiger partial charge on any atom is -0.453 e. The largest absolute Gasteiger partial charge is 0.453 e. The van der Waals surface area contributed by atoms with Crippen molar-refractivity contribution in [1.29, 1.82) is 0 Å². The van der Waals surface area contributed by atoms with Crippen LogP contribution in [0.25, 0.3) is 22.4 Å². The number of nitrogens with one attached hydrogen (secondary N) is 3. The van der Waals surface area contributed by atoms with Gasteiger partial charge in [-0.2, -0.15) is 0 Å². The zero-order valence-electron chi connectivity index (χ0n) is 33.4. The summed E-state index contributed by atoms with van der Waals surface area (Å²) in [6.45, 7) is 4.86. The molecule has 2 aliphatic rings. The maximum atomic E-state index is 13.7. The summed E-state index contributed by atoms with van der Waals surface area (Å²) < 4.78 is 4.89. The standard InChI is InChI=1S/C43H52N8O6/c1-27(2)36(49(5)43(56)57-6)40(53)50-24-10-14-34(50)38-44-26-33(46-38)30-18-16-28(17-19-30)29-20-22-32(23-21-29)45-42(55)47-39(52)35-15-11-25-51(35)41(54)37(48(3)4)31-12-8-7-9-13-31/h7-9,12-13,16-23,26-27,34-37H,10-11,14-15,24-25H2,1-6H3,(H,44,46)(H2,45,47,52,55)/t34-,35-,36-,37+/m0/s1. The lowest BCUT2D eigenvalue weighted by Gasteiger charge is -2.34. The molecular formula is C43H52N8O6. The molecule has 0 bridgehead atoms. The lowest BCUT2D eigenvalue weighted by atomic mass is 10.0. The highest BCUT2D eigenvalue weighted by Crippen LogP contribution is 2.34. The Labute approximate surface area is 333 Å². The van der Waals surface area contributed by atoms with Crippen LogP contribution in [0.1, 0.15) is 63.0 Å². The topological polar surface area (TPSA) is 160 Å². The van der Waals surface area contributed by atoms with Crippen molar-refractivity contribution in [2.75, 3.05) is 46.7 Å². The molecule has 6 amide bonds. The number of carbonyl (C=O) groups is 5. The van der Waals surface area contributed by atoms with Crippen LogP contribution >= 0.6 is 0 Å². The number of urea groups is 1. The Morgan fingerprint density at radius 2 is 1.42 bits per heavy atom. The Morgan fingerprint density at radius 3 is 2.05 bits per heavy atom. The highest BCUT2D eigenvalue weighted by Gasteiger charge is 2.41. The molecule has 57 heavy (non-hydrogen) atoms. The molecule has 3 N–H and O–H groups in total. The van der Waals surface area contributed by atoms with Gasteiger partial charge < -0.3 is 24.8 Å². The smallest absolute Gasteiger partial charge is 0.409 e. The molecular weight excluding hydrogens is 725 g/mol. The monoisotopic (exact) mass is 776 g/mol. The van der Waals surface area contributed by atoms with Crippen molar-refractivity contribution < 1.29 is 28.7 Å². The third-order valence-corrected chi connectivity index (χ3v) is 10.8. The van der Waals surface area contributed by atoms with Crippen molar-refractivity contribution in [3.05, 3.63) is 96.4 Å². The Morgan fingerprint density at radius 1 is 0.807 bits per heavy atom. The number of likely N-dealkylation sites (tertiary alicyclic amines) is 2. The number of likely N-dealkylation sites (N-methyl/N-ethyl adjacent to an activating group) is 2. The minimum absolute atomic E-state index is 0.105. The number of methoxy groups -OCH3 is 1. The second-order valence-corrected chi connectivity index (χ2v) is 15.2. The van der Waals surface area contributed by atoms with Gasteiger partial charge in [0.05, 0.1) is 25.0 Å². The molecule has 300 valence electrons. The van der Waals surface area contributed by atoms with E-state index in [1.54, 1.807) is 30.3 Å². The molecule has 4 atom stereocenters. The number of anilines is 1. The number of aromatic amines is 1. The lowest BCUT2D eigenvalue weighted by molar-refractivity contribution is -0.142. The summed E-state index contributed by atoms with van der Waals surface area (Å²) in [5, 5.41) is 5.17. The van der Waals surface area contributed by atoms with Crippen molar-refractivity contribution in [3.63, 3.8) is 0 Å². The van der Waals surface area contributed by atoms with E-state index in [-0.39, 0.29) is 23.8 Å². The molecule has 0 unspecified atom stereocenters. The molecule has 14 heteroatoms. The lowest BCUT2D eigenvalue weighted by Crippen LogP contribution is -2.51. The highest BCUT2D eigenvalue weighted by atomic mass is 16.5. The van der Waals surface area contributed by atoms with E-state index in [4.69, 9.17) is 4.74 Å². The summed E-state index contributed by atoms with van der Waals surface area (Å²) in [4.78, 5) is 80.5. The van der Waals surface area contributed by atoms with Gasteiger partial charge in [0, 0.05) is 25.8 Å². The first-order valence-electron chi connectivity index (χ1n) is 19.4. The molecule has 3 heterocycles. The van der Waals surface area contributed by atoms with E-state index in [0.717, 1.165) is 40.8 Å². The Hall–Kier alpha value is -6.02. The van der Waals surface area contributed by atoms with Crippen LogP contribution < -0.4 is 10.6 Å². The molecule has 6 rings (SSSR count). The van der Waals surface area contributed by atoms with Crippen molar-refractivity contribution in [1.82, 2.24) is 34.9 Å². The SMILES string of the molecule is COC(=O)N(C)[C@H](C(=O)N1CCC[C@H]1c1ncc(-c2ccc(-c3ccc(NC(=O)NC(=O)[C@@H]4CCCN4C(=O)[C@@H](c4ccccc4)N(C)C)cc3)cc2)[nH]1)C(C)C. The fourth-order valence-corrected chi connectivity index (χ4v) is 8.00. The number of rotatable bonds is 11. The summed E-state index contributed by atoms with van der Waals surface area (Å²) in [5.74, 6) is -0.214. The van der Waals surface area contributed by atoms with Gasteiger partial charge in [0.1, 0.15) is 23.9 Å². The fraction of sp³-hybridized carbons (Fsp3) is 0.395. The van der Waals surface area contributed by atoms with Gasteiger partial charge in [0.25, 0.3) is 5.91 Å². The van der Waals surface area contributed by atoms with E-state index in [1.165, 1.54) is 12.0 Å². The van der Waals surface area contributed by atoms with Crippen molar-refractivity contribution in [3.8, 4) is 22.4 Å². The van der Waals surface area contributed by atoms with Crippen molar-refractivity contribution >= 4 is 35.5 Å². The van der Waals surface area contributed by atoms with Gasteiger partial charge in [0.2, 0.25) is 11.8 Å². The van der Waals surface area contributed by atoms with E-state index < -0.39 is 36.2 Å². The normalized spacial score (nSPS) is 17.7. The highest BCUT2D eigenvalue weighted by molar-refractivity contribution is 6.04. The van der Waals surface area contributed by atoms with Crippen LogP contribution in [0.15, 0.2) is 85.1 Å². The second-order valence-electron chi connectivity index (χ2n) is 15.2. The molecule has 14 nitrogen and oxygen atoms in total. The van der Waals surface area contributed by atoms with Gasteiger partial charge >= 0.3 is 12.1 Å². The van der Waals surface area contributed by atoms with Crippen LogP contribution in [0.2, 0.25) is 0 Å². The number of hydrogen-bond acceptors (Lipinski definition) is 8. The maximum absolute atomic E-state index is 13.7. The zero-order valence-corrected chi connectivity index (χ0v) is 33.4. The number of nitrogens with zero attached hydrogens (tertiary/aromatic N) is 5. The molecule has 2 saturated heterocycles. The minimum atomic E-state index is -0.737. The molecule has 1 aromatic heterocycles. The Kier molecular flexibility index (Phi) is 12.7. The average molecular weight is 777 g/mol. The van der Waals surface area contributed by atoms with Gasteiger partial charge in [-0.1, -0.05) is 80.6 Å². The van der Waals surface area contributed by atoms with Crippen molar-refractivity contribution in [2.45, 2.75) is 63.7 Å². The maximum Gasteiger partial charge on any atom is 0.409 e. The number of aromatic nitrogens is 2. The van der Waals surface area contributed by atoms with Crippen LogP contribution in [0.5, 0.6) is 0 Å². The first-order chi connectivity index (χ1) is 27.4. The van der Waals surface area contributed by atoms with Crippen LogP contribution in [0, 0.1) is 5.92 Å². The molecule has 4 aromatic rings. The summed E-state index contributed by atoms with van der Waals surface area (Å²) in [7, 11) is 6.57. The van der Waals surface area contributed by atoms with E-state index in [2.05, 4.69) is 20.6 Å². The number of hydrogen-bond donors (Lipinski definition) is 3. The predicted molar refractivity (Wildman–Crippen MR) is 217 cm³/mol. The number of carbonyl (C=O) groups excluding carboxylic acids is 5. The van der Waals surface area contributed by atoms with E-state index >= 15 is 0 Å². The summed E-state index contributed by atoms with van der Waals surface area (Å²) in [6, 6.07) is 21.9. The second kappa shape index (κ2) is 17.8. The van der Waals surface area contributed by atoms with Gasteiger partial charge in [0.15, 0.2) is 0 Å². The molecule has 0 radical (unpaired) electrons. The van der Waals surface area contributed by atoms with Crippen molar-refractivity contribution in [2.24, 2.45) is 5.92 Å². The molecule has 0 aliphatic carbocycles. The number of ether oxygens (including phenoxy) is 1. The van der Waals surface area contributed by atoms with E-state index in [1.807, 2.05) is 104 Å². The van der Waals surface area contributed by atoms with Gasteiger partial charge in [-0.3, -0.25) is 29.5 Å². The molecule has 2 fully saturated rings. The quantitative estimate of drug-likeness (QED) is 0.166. The van der Waals surface area contributed by atoms with Crippen LogP contribution in [0.4, 0.5) is 15.3 Å². The fourth-order valence-electron chi connectivity index (χ4n) is 8.00. The average Bonchev–Trinajstić information content (AvgIpc) is 4.00. The number of amides is 6. The van der Waals surface area contributed by atoms with Crippen LogP contribution in [-0.4, -0.2) is 113 Å². The first kappa shape index (κ1) is 40.6. The van der Waals surface area contributed by atoms with Gasteiger partial charge in [-0.25, -0.2) is 14.6 Å². The number of benzene rings is 3. The molecule has 2 aliphatic heterocycles. The Balaban J connectivity index is 1.05. The summed E-state index contributed by atoms with van der Waals surface area (Å²) in [6.07, 6.45) is 3.97.